The van der Waals surface area contributed by atoms with E-state index < -0.39 is 5.54 Å². The largest absolute Gasteiger partial charge is 0.356 e. The summed E-state index contributed by atoms with van der Waals surface area (Å²) in [6, 6.07) is 15.4. The maximum absolute atomic E-state index is 13.8. The van der Waals surface area contributed by atoms with Gasteiger partial charge in [-0.25, -0.2) is 4.79 Å². The normalized spacial score (nSPS) is 22.6. The number of urea groups is 1. The number of carbonyl (C=O) groups is 2. The number of nitrogens with one attached hydrogen (secondary N) is 1. The quantitative estimate of drug-likeness (QED) is 0.550. The number of aromatic amines is 1. The van der Waals surface area contributed by atoms with Crippen LogP contribution in [0.5, 0.6) is 0 Å². The van der Waals surface area contributed by atoms with Gasteiger partial charge in [-0.1, -0.05) is 41.9 Å². The lowest BCUT2D eigenvalue weighted by molar-refractivity contribution is -0.133. The molecule has 3 heterocycles. The van der Waals surface area contributed by atoms with Crippen molar-refractivity contribution in [1.29, 1.82) is 0 Å². The minimum atomic E-state index is -0.960. The van der Waals surface area contributed by atoms with Gasteiger partial charge in [0, 0.05) is 47.2 Å². The molecule has 0 bridgehead atoms. The average molecular weight is 465 g/mol. The van der Waals surface area contributed by atoms with Crippen LogP contribution in [0.15, 0.2) is 48.5 Å². The Labute approximate surface area is 199 Å². The molecule has 0 aliphatic carbocycles. The zero-order valence-electron chi connectivity index (χ0n) is 19.4. The number of carbonyl (C=O) groups excluding carboxylic acids is 2. The van der Waals surface area contributed by atoms with Crippen molar-refractivity contribution >= 4 is 34.4 Å². The molecule has 6 nitrogen and oxygen atoms in total. The second kappa shape index (κ2) is 7.89. The van der Waals surface area contributed by atoms with Crippen LogP contribution in [0.3, 0.4) is 0 Å². The molecule has 0 saturated carbocycles. The number of likely N-dealkylation sites (N-methyl/N-ethyl adjacent to an activating group) is 1. The number of benzene rings is 2. The molecule has 0 spiro atoms. The summed E-state index contributed by atoms with van der Waals surface area (Å²) in [5.74, 6) is -0.132. The fraction of sp³-hybridized carbons (Fsp3) is 0.385. The summed E-state index contributed by atoms with van der Waals surface area (Å²) in [4.78, 5) is 36.5. The van der Waals surface area contributed by atoms with Crippen molar-refractivity contribution in [2.45, 2.75) is 44.8 Å². The summed E-state index contributed by atoms with van der Waals surface area (Å²) in [6.07, 6.45) is 0.451. The third kappa shape index (κ3) is 3.35. The molecule has 172 valence electrons. The standard InChI is InChI=1S/C26H29ClN4O2/c1-16(2)29(4)12-13-30-24(32)26(3)15-20-19-14-18(27)10-11-21(19)28-22(20)23(31(26)25(30)33)17-8-6-5-7-9-17/h5-11,14,16,23,28H,12-13,15H2,1-4H3/t23-,26+/m1/s1. The lowest BCUT2D eigenvalue weighted by atomic mass is 9.81. The van der Waals surface area contributed by atoms with Crippen LogP contribution in [-0.2, 0) is 11.2 Å². The Morgan fingerprint density at radius 2 is 1.91 bits per heavy atom. The molecule has 2 aliphatic rings. The van der Waals surface area contributed by atoms with Crippen molar-refractivity contribution < 1.29 is 9.59 Å². The van der Waals surface area contributed by atoms with Crippen LogP contribution >= 0.6 is 11.6 Å². The topological polar surface area (TPSA) is 59.6 Å². The SMILES string of the molecule is CC(C)N(C)CCN1C(=O)N2[C@H](c3ccccc3)c3[nH]c4ccc(Cl)cc4c3C[C@@]2(C)C1=O. The molecule has 0 unspecified atom stereocenters. The number of halogens is 1. The summed E-state index contributed by atoms with van der Waals surface area (Å²) >= 11 is 6.33. The monoisotopic (exact) mass is 464 g/mol. The van der Waals surface area contributed by atoms with Gasteiger partial charge in [0.2, 0.25) is 0 Å². The lowest BCUT2D eigenvalue weighted by Gasteiger charge is -2.42. The second-order valence-corrected chi connectivity index (χ2v) is 10.1. The van der Waals surface area contributed by atoms with Gasteiger partial charge in [0.1, 0.15) is 11.6 Å². The van der Waals surface area contributed by atoms with Crippen LogP contribution in [0.4, 0.5) is 4.79 Å². The predicted octanol–water partition coefficient (Wildman–Crippen LogP) is 4.83. The van der Waals surface area contributed by atoms with Crippen LogP contribution in [0.1, 0.15) is 43.6 Å². The van der Waals surface area contributed by atoms with Gasteiger partial charge in [-0.3, -0.25) is 14.6 Å². The molecule has 1 fully saturated rings. The van der Waals surface area contributed by atoms with Crippen LogP contribution < -0.4 is 0 Å². The molecular formula is C26H29ClN4O2. The molecule has 33 heavy (non-hydrogen) atoms. The van der Waals surface area contributed by atoms with Crippen molar-refractivity contribution in [2.24, 2.45) is 0 Å². The lowest BCUT2D eigenvalue weighted by Crippen LogP contribution is -2.53. The first-order valence-electron chi connectivity index (χ1n) is 11.4. The minimum absolute atomic E-state index is 0.132. The molecular weight excluding hydrogens is 436 g/mol. The number of amides is 3. The van der Waals surface area contributed by atoms with E-state index >= 15 is 0 Å². The summed E-state index contributed by atoms with van der Waals surface area (Å²) in [5, 5.41) is 1.66. The van der Waals surface area contributed by atoms with Crippen molar-refractivity contribution in [2.75, 3.05) is 20.1 Å². The predicted molar refractivity (Wildman–Crippen MR) is 130 cm³/mol. The Bertz CT molecular complexity index is 1240. The fourth-order valence-corrected chi connectivity index (χ4v) is 5.35. The minimum Gasteiger partial charge on any atom is -0.356 e. The van der Waals surface area contributed by atoms with Crippen LogP contribution in [-0.4, -0.2) is 63.3 Å². The van der Waals surface area contributed by atoms with E-state index in [4.69, 9.17) is 11.6 Å². The van der Waals surface area contributed by atoms with Gasteiger partial charge in [0.25, 0.3) is 5.91 Å². The van der Waals surface area contributed by atoms with Gasteiger partial charge in [0.05, 0.1) is 0 Å². The summed E-state index contributed by atoms with van der Waals surface area (Å²) in [5.41, 5.74) is 2.99. The zero-order chi connectivity index (χ0) is 23.5. The highest BCUT2D eigenvalue weighted by Gasteiger charge is 2.60. The first-order chi connectivity index (χ1) is 15.7. The van der Waals surface area contributed by atoms with Crippen LogP contribution in [0.25, 0.3) is 10.9 Å². The Kier molecular flexibility index (Phi) is 5.26. The van der Waals surface area contributed by atoms with Crippen molar-refractivity contribution in [3.63, 3.8) is 0 Å². The maximum atomic E-state index is 13.8. The maximum Gasteiger partial charge on any atom is 0.328 e. The third-order valence-corrected chi connectivity index (χ3v) is 7.54. The Morgan fingerprint density at radius 3 is 2.61 bits per heavy atom. The number of aromatic nitrogens is 1. The molecule has 5 rings (SSSR count). The Hall–Kier alpha value is -2.83. The first-order valence-corrected chi connectivity index (χ1v) is 11.8. The van der Waals surface area contributed by atoms with Crippen molar-refractivity contribution in [3.8, 4) is 0 Å². The van der Waals surface area contributed by atoms with E-state index in [-0.39, 0.29) is 18.0 Å². The Balaban J connectivity index is 1.64. The number of nitrogens with zero attached hydrogens (tertiary/aromatic N) is 3. The van der Waals surface area contributed by atoms with E-state index in [0.717, 1.165) is 27.7 Å². The van der Waals surface area contributed by atoms with E-state index in [1.54, 1.807) is 4.90 Å². The molecule has 3 aromatic rings. The molecule has 2 aliphatic heterocycles. The first kappa shape index (κ1) is 22.0. The smallest absolute Gasteiger partial charge is 0.328 e. The molecule has 0 radical (unpaired) electrons. The average Bonchev–Trinajstić information content (AvgIpc) is 3.23. The number of H-pyrrole nitrogens is 1. The zero-order valence-corrected chi connectivity index (χ0v) is 20.2. The number of rotatable bonds is 5. The van der Waals surface area contributed by atoms with Gasteiger partial charge in [-0.15, -0.1) is 0 Å². The highest BCUT2D eigenvalue weighted by molar-refractivity contribution is 6.31. The van der Waals surface area contributed by atoms with E-state index in [1.807, 2.05) is 62.5 Å². The van der Waals surface area contributed by atoms with Gasteiger partial charge in [-0.2, -0.15) is 0 Å². The highest BCUT2D eigenvalue weighted by atomic mass is 35.5. The molecule has 2 atom stereocenters. The number of hydrogen-bond donors (Lipinski definition) is 1. The van der Waals surface area contributed by atoms with E-state index in [0.29, 0.717) is 30.6 Å². The van der Waals surface area contributed by atoms with Crippen LogP contribution in [0.2, 0.25) is 5.02 Å². The fourth-order valence-electron chi connectivity index (χ4n) is 5.18. The number of imide groups is 1. The van der Waals surface area contributed by atoms with E-state index in [1.165, 1.54) is 4.90 Å². The van der Waals surface area contributed by atoms with Crippen LogP contribution in [0, 0.1) is 0 Å². The summed E-state index contributed by atoms with van der Waals surface area (Å²) < 4.78 is 0. The van der Waals surface area contributed by atoms with Gasteiger partial charge in [0.15, 0.2) is 0 Å². The third-order valence-electron chi connectivity index (χ3n) is 7.30. The molecule has 7 heteroatoms. The van der Waals surface area contributed by atoms with Gasteiger partial charge >= 0.3 is 6.03 Å². The summed E-state index contributed by atoms with van der Waals surface area (Å²) in [7, 11) is 2.01. The van der Waals surface area contributed by atoms with E-state index in [2.05, 4.69) is 23.7 Å². The molecule has 3 amide bonds. The highest BCUT2D eigenvalue weighted by Crippen LogP contribution is 2.48. The molecule has 2 aromatic carbocycles. The molecule has 1 aromatic heterocycles. The molecule has 1 saturated heterocycles. The Morgan fingerprint density at radius 1 is 1.18 bits per heavy atom. The summed E-state index contributed by atoms with van der Waals surface area (Å²) in [6.45, 7) is 7.12. The van der Waals surface area contributed by atoms with Gasteiger partial charge < -0.3 is 9.88 Å². The number of fused-ring (bicyclic) bond motifs is 4. The second-order valence-electron chi connectivity index (χ2n) is 9.65. The molecule has 1 N–H and O–H groups in total. The van der Waals surface area contributed by atoms with E-state index in [9.17, 15) is 9.59 Å². The number of hydrogen-bond acceptors (Lipinski definition) is 3. The van der Waals surface area contributed by atoms with Gasteiger partial charge in [-0.05, 0) is 57.1 Å². The van der Waals surface area contributed by atoms with Crippen molar-refractivity contribution in [3.05, 3.63) is 70.4 Å². The van der Waals surface area contributed by atoms with Crippen molar-refractivity contribution in [1.82, 2.24) is 19.7 Å².